The summed E-state index contributed by atoms with van der Waals surface area (Å²) >= 11 is 0. The van der Waals surface area contributed by atoms with E-state index in [0.717, 1.165) is 19.6 Å². The zero-order chi connectivity index (χ0) is 11.6. The Balaban J connectivity index is 2.79. The van der Waals surface area contributed by atoms with Gasteiger partial charge in [-0.1, -0.05) is 13.8 Å². The van der Waals surface area contributed by atoms with Crippen molar-refractivity contribution in [1.29, 1.82) is 0 Å². The predicted molar refractivity (Wildman–Crippen MR) is 63.9 cm³/mol. The van der Waals surface area contributed by atoms with Crippen LogP contribution in [0.1, 0.15) is 34.1 Å². The fraction of sp³-hybridized carbons (Fsp3) is 1.00. The van der Waals surface area contributed by atoms with E-state index in [4.69, 9.17) is 10.5 Å². The van der Waals surface area contributed by atoms with Gasteiger partial charge in [0.1, 0.15) is 0 Å². The third kappa shape index (κ3) is 2.71. The van der Waals surface area contributed by atoms with Gasteiger partial charge in [0.15, 0.2) is 0 Å². The van der Waals surface area contributed by atoms with Crippen LogP contribution in [0.4, 0.5) is 0 Å². The summed E-state index contributed by atoms with van der Waals surface area (Å²) in [4.78, 5) is 2.52. The molecular formula is C12H26N2O. The molecule has 0 aliphatic carbocycles. The van der Waals surface area contributed by atoms with E-state index in [-0.39, 0.29) is 11.5 Å². The molecule has 1 rings (SSSR count). The van der Waals surface area contributed by atoms with Crippen LogP contribution < -0.4 is 5.73 Å². The van der Waals surface area contributed by atoms with Crippen LogP contribution in [0.5, 0.6) is 0 Å². The van der Waals surface area contributed by atoms with Gasteiger partial charge in [0.05, 0.1) is 6.61 Å². The first kappa shape index (κ1) is 12.9. The van der Waals surface area contributed by atoms with E-state index in [1.165, 1.54) is 0 Å². The van der Waals surface area contributed by atoms with Crippen LogP contribution in [0.3, 0.4) is 0 Å². The Labute approximate surface area is 94.0 Å². The average molecular weight is 214 g/mol. The molecule has 0 radical (unpaired) electrons. The molecule has 90 valence electrons. The average Bonchev–Trinajstić information content (AvgIpc) is 2.47. The van der Waals surface area contributed by atoms with E-state index in [2.05, 4.69) is 32.6 Å². The molecule has 15 heavy (non-hydrogen) atoms. The number of rotatable bonds is 4. The zero-order valence-corrected chi connectivity index (χ0v) is 10.8. The summed E-state index contributed by atoms with van der Waals surface area (Å²) in [5.41, 5.74) is 6.36. The monoisotopic (exact) mass is 214 g/mol. The summed E-state index contributed by atoms with van der Waals surface area (Å²) < 4.78 is 5.31. The maximum Gasteiger partial charge on any atom is 0.0528 e. The molecule has 2 atom stereocenters. The maximum atomic E-state index is 6.23. The van der Waals surface area contributed by atoms with E-state index in [1.807, 2.05) is 0 Å². The highest BCUT2D eigenvalue weighted by Crippen LogP contribution is 2.34. The van der Waals surface area contributed by atoms with Gasteiger partial charge in [0.25, 0.3) is 0 Å². The number of hydrogen-bond acceptors (Lipinski definition) is 3. The molecule has 1 aliphatic heterocycles. The molecule has 1 fully saturated rings. The molecule has 0 amide bonds. The number of nitrogens with zero attached hydrogens (tertiary/aromatic N) is 1. The number of ether oxygens (including phenoxy) is 1. The number of nitrogens with two attached hydrogens (primary N) is 1. The van der Waals surface area contributed by atoms with E-state index in [1.54, 1.807) is 7.11 Å². The lowest BCUT2D eigenvalue weighted by Gasteiger charge is -2.41. The summed E-state index contributed by atoms with van der Waals surface area (Å²) in [5.74, 6) is 0. The molecule has 0 saturated carbocycles. The zero-order valence-electron chi connectivity index (χ0n) is 10.8. The van der Waals surface area contributed by atoms with Crippen LogP contribution in [0.2, 0.25) is 0 Å². The third-order valence-corrected chi connectivity index (χ3v) is 3.46. The Hall–Kier alpha value is -0.120. The highest BCUT2D eigenvalue weighted by molar-refractivity contribution is 4.99. The SMILES string of the molecule is COCC(C)(C)[C@@H]1[C@@H](N)CCN1C(C)C. The molecule has 2 N–H and O–H groups in total. The maximum absolute atomic E-state index is 6.23. The summed E-state index contributed by atoms with van der Waals surface area (Å²) in [6.07, 6.45) is 1.11. The van der Waals surface area contributed by atoms with Crippen LogP contribution in [-0.4, -0.2) is 43.3 Å². The molecular weight excluding hydrogens is 188 g/mol. The first-order valence-electron chi connectivity index (χ1n) is 5.90. The highest BCUT2D eigenvalue weighted by Gasteiger charge is 2.43. The van der Waals surface area contributed by atoms with Crippen LogP contribution in [0.25, 0.3) is 0 Å². The Bertz CT molecular complexity index is 204. The fourth-order valence-electron chi connectivity index (χ4n) is 2.91. The van der Waals surface area contributed by atoms with Crippen molar-refractivity contribution in [2.75, 3.05) is 20.3 Å². The molecule has 3 heteroatoms. The van der Waals surface area contributed by atoms with Gasteiger partial charge in [-0.15, -0.1) is 0 Å². The number of methoxy groups -OCH3 is 1. The Morgan fingerprint density at radius 2 is 2.07 bits per heavy atom. The summed E-state index contributed by atoms with van der Waals surface area (Å²) in [6, 6.07) is 1.30. The van der Waals surface area contributed by atoms with Crippen molar-refractivity contribution in [3.8, 4) is 0 Å². The molecule has 0 aromatic carbocycles. The van der Waals surface area contributed by atoms with Gasteiger partial charge in [-0.2, -0.15) is 0 Å². The molecule has 0 spiro atoms. The van der Waals surface area contributed by atoms with Crippen LogP contribution >= 0.6 is 0 Å². The Morgan fingerprint density at radius 3 is 2.53 bits per heavy atom. The van der Waals surface area contributed by atoms with E-state index in [9.17, 15) is 0 Å². The minimum Gasteiger partial charge on any atom is -0.384 e. The molecule has 0 aromatic rings. The molecule has 1 aliphatic rings. The first-order valence-corrected chi connectivity index (χ1v) is 5.90. The van der Waals surface area contributed by atoms with Gasteiger partial charge in [-0.05, 0) is 20.3 Å². The molecule has 3 nitrogen and oxygen atoms in total. The molecule has 0 aromatic heterocycles. The topological polar surface area (TPSA) is 38.5 Å². The summed E-state index contributed by atoms with van der Waals surface area (Å²) in [5, 5.41) is 0. The normalized spacial score (nSPS) is 29.0. The van der Waals surface area contributed by atoms with Crippen LogP contribution in [0.15, 0.2) is 0 Å². The molecule has 1 saturated heterocycles. The van der Waals surface area contributed by atoms with Crippen molar-refractivity contribution in [2.24, 2.45) is 11.1 Å². The van der Waals surface area contributed by atoms with Gasteiger partial charge in [-0.3, -0.25) is 4.90 Å². The third-order valence-electron chi connectivity index (χ3n) is 3.46. The number of likely N-dealkylation sites (tertiary alicyclic amines) is 1. The van der Waals surface area contributed by atoms with Gasteiger partial charge in [-0.25, -0.2) is 0 Å². The first-order chi connectivity index (χ1) is 6.90. The van der Waals surface area contributed by atoms with Crippen LogP contribution in [0, 0.1) is 5.41 Å². The Kier molecular flexibility index (Phi) is 4.15. The highest BCUT2D eigenvalue weighted by atomic mass is 16.5. The fourth-order valence-corrected chi connectivity index (χ4v) is 2.91. The number of hydrogen-bond donors (Lipinski definition) is 1. The van der Waals surface area contributed by atoms with Crippen LogP contribution in [-0.2, 0) is 4.74 Å². The second kappa shape index (κ2) is 4.81. The van der Waals surface area contributed by atoms with Crippen molar-refractivity contribution in [2.45, 2.75) is 52.2 Å². The van der Waals surface area contributed by atoms with Crippen molar-refractivity contribution in [3.63, 3.8) is 0 Å². The lowest BCUT2D eigenvalue weighted by molar-refractivity contribution is 0.0211. The molecule has 0 bridgehead atoms. The van der Waals surface area contributed by atoms with E-state index >= 15 is 0 Å². The summed E-state index contributed by atoms with van der Waals surface area (Å²) in [7, 11) is 1.77. The smallest absolute Gasteiger partial charge is 0.0528 e. The quantitative estimate of drug-likeness (QED) is 0.770. The lowest BCUT2D eigenvalue weighted by Crippen LogP contribution is -2.53. The lowest BCUT2D eigenvalue weighted by atomic mass is 9.81. The minimum absolute atomic E-state index is 0.134. The van der Waals surface area contributed by atoms with Crippen molar-refractivity contribution in [1.82, 2.24) is 4.90 Å². The second-order valence-electron chi connectivity index (χ2n) is 5.65. The van der Waals surface area contributed by atoms with Gasteiger partial charge < -0.3 is 10.5 Å². The van der Waals surface area contributed by atoms with Gasteiger partial charge in [0.2, 0.25) is 0 Å². The van der Waals surface area contributed by atoms with Crippen molar-refractivity contribution < 1.29 is 4.74 Å². The Morgan fingerprint density at radius 1 is 1.47 bits per heavy atom. The van der Waals surface area contributed by atoms with E-state index in [0.29, 0.717) is 12.1 Å². The van der Waals surface area contributed by atoms with Crippen molar-refractivity contribution >= 4 is 0 Å². The van der Waals surface area contributed by atoms with E-state index < -0.39 is 0 Å². The van der Waals surface area contributed by atoms with Gasteiger partial charge in [0, 0.05) is 37.2 Å². The standard InChI is InChI=1S/C12H26N2O/c1-9(2)14-7-6-10(13)11(14)12(3,4)8-15-5/h9-11H,6-8,13H2,1-5H3/t10-,11-/m0/s1. The minimum atomic E-state index is 0.134. The predicted octanol–water partition coefficient (Wildman–Crippen LogP) is 1.47. The molecule has 1 heterocycles. The molecule has 0 unspecified atom stereocenters. The van der Waals surface area contributed by atoms with Gasteiger partial charge >= 0.3 is 0 Å². The second-order valence-corrected chi connectivity index (χ2v) is 5.65. The summed E-state index contributed by atoms with van der Waals surface area (Å²) in [6.45, 7) is 10.9. The largest absolute Gasteiger partial charge is 0.384 e. The van der Waals surface area contributed by atoms with Crippen molar-refractivity contribution in [3.05, 3.63) is 0 Å².